The van der Waals surface area contributed by atoms with Crippen LogP contribution in [0.2, 0.25) is 5.28 Å². The van der Waals surface area contributed by atoms with Crippen molar-refractivity contribution in [3.05, 3.63) is 5.28 Å². The number of nitrogen functional groups attached to an aromatic ring is 1. The molecule has 1 aliphatic carbocycles. The number of nitrogens with zero attached hydrogens (tertiary/aromatic N) is 3. The highest BCUT2D eigenvalue weighted by Gasteiger charge is 2.24. The zero-order valence-corrected chi connectivity index (χ0v) is 10.9. The summed E-state index contributed by atoms with van der Waals surface area (Å²) >= 11 is 5.74. The molecule has 1 aromatic rings. The minimum absolute atomic E-state index is 0.136. The summed E-state index contributed by atoms with van der Waals surface area (Å²) in [5.74, 6) is 2.15. The highest BCUT2D eigenvalue weighted by atomic mass is 35.5. The van der Waals surface area contributed by atoms with E-state index >= 15 is 0 Å². The lowest BCUT2D eigenvalue weighted by molar-refractivity contribution is 0.260. The Kier molecular flexibility index (Phi) is 3.66. The third-order valence-corrected chi connectivity index (χ3v) is 3.73. The minimum atomic E-state index is 0.136. The summed E-state index contributed by atoms with van der Waals surface area (Å²) in [7, 11) is 0. The molecule has 1 aliphatic rings. The van der Waals surface area contributed by atoms with Crippen molar-refractivity contribution in [2.45, 2.75) is 39.2 Å². The lowest BCUT2D eigenvalue weighted by Gasteiger charge is -2.32. The second kappa shape index (κ2) is 5.04. The van der Waals surface area contributed by atoms with E-state index in [0.717, 1.165) is 24.7 Å². The molecule has 0 radical (unpaired) electrons. The number of nitrogens with two attached hydrogens (primary N) is 1. The second-order valence-electron chi connectivity index (χ2n) is 4.90. The molecule has 3 N–H and O–H groups in total. The number of halogens is 1. The molecule has 3 atom stereocenters. The van der Waals surface area contributed by atoms with Gasteiger partial charge in [-0.15, -0.1) is 0 Å². The van der Waals surface area contributed by atoms with Gasteiger partial charge in [-0.25, -0.2) is 0 Å². The van der Waals surface area contributed by atoms with Crippen LogP contribution in [0.1, 0.15) is 33.1 Å². The summed E-state index contributed by atoms with van der Waals surface area (Å²) in [6.07, 6.45) is 3.49. The van der Waals surface area contributed by atoms with Gasteiger partial charge in [-0.3, -0.25) is 0 Å². The monoisotopic (exact) mass is 255 g/mol. The molecule has 5 nitrogen and oxygen atoms in total. The van der Waals surface area contributed by atoms with Gasteiger partial charge in [0.15, 0.2) is 0 Å². The highest BCUT2D eigenvalue weighted by molar-refractivity contribution is 6.28. The van der Waals surface area contributed by atoms with Crippen molar-refractivity contribution in [1.29, 1.82) is 0 Å². The van der Waals surface area contributed by atoms with E-state index in [1.807, 2.05) is 0 Å². The molecule has 0 aromatic carbocycles. The largest absolute Gasteiger partial charge is 0.368 e. The van der Waals surface area contributed by atoms with Crippen molar-refractivity contribution in [3.63, 3.8) is 0 Å². The van der Waals surface area contributed by atoms with E-state index in [9.17, 15) is 0 Å². The number of nitrogens with one attached hydrogen (secondary N) is 1. The number of anilines is 2. The van der Waals surface area contributed by atoms with Crippen molar-refractivity contribution in [1.82, 2.24) is 15.0 Å². The van der Waals surface area contributed by atoms with E-state index in [2.05, 4.69) is 34.1 Å². The molecule has 0 spiro atoms. The SMILES string of the molecule is CC1CCC(Nc2nc(N)nc(Cl)n2)CC1C. The Morgan fingerprint density at radius 3 is 2.59 bits per heavy atom. The molecule has 0 amide bonds. The molecule has 0 aliphatic heterocycles. The first-order chi connectivity index (χ1) is 8.04. The number of aromatic nitrogens is 3. The summed E-state index contributed by atoms with van der Waals surface area (Å²) < 4.78 is 0. The molecule has 0 bridgehead atoms. The predicted octanol–water partition coefficient (Wildman–Crippen LogP) is 2.34. The van der Waals surface area contributed by atoms with Gasteiger partial charge >= 0.3 is 0 Å². The molecule has 3 unspecified atom stereocenters. The number of hydrogen-bond acceptors (Lipinski definition) is 5. The van der Waals surface area contributed by atoms with Gasteiger partial charge < -0.3 is 11.1 Å². The third kappa shape index (κ3) is 3.19. The highest BCUT2D eigenvalue weighted by Crippen LogP contribution is 2.30. The Morgan fingerprint density at radius 2 is 1.94 bits per heavy atom. The van der Waals surface area contributed by atoms with Gasteiger partial charge in [0, 0.05) is 6.04 Å². The molecular weight excluding hydrogens is 238 g/mol. The summed E-state index contributed by atoms with van der Waals surface area (Å²) in [6, 6.07) is 0.402. The van der Waals surface area contributed by atoms with Gasteiger partial charge in [-0.2, -0.15) is 15.0 Å². The maximum Gasteiger partial charge on any atom is 0.229 e. The molecular formula is C11H18ClN5. The first kappa shape index (κ1) is 12.4. The van der Waals surface area contributed by atoms with Crippen LogP contribution in [-0.2, 0) is 0 Å². The Balaban J connectivity index is 2.01. The topological polar surface area (TPSA) is 76.7 Å². The quantitative estimate of drug-likeness (QED) is 0.848. The summed E-state index contributed by atoms with van der Waals surface area (Å²) in [5, 5.41) is 3.42. The molecule has 1 saturated carbocycles. The van der Waals surface area contributed by atoms with E-state index in [1.54, 1.807) is 0 Å². The van der Waals surface area contributed by atoms with Crippen LogP contribution < -0.4 is 11.1 Å². The Hall–Kier alpha value is -1.10. The molecule has 2 rings (SSSR count). The second-order valence-corrected chi connectivity index (χ2v) is 5.23. The summed E-state index contributed by atoms with van der Waals surface area (Å²) in [5.41, 5.74) is 5.53. The smallest absolute Gasteiger partial charge is 0.229 e. The fraction of sp³-hybridized carbons (Fsp3) is 0.727. The van der Waals surface area contributed by atoms with Crippen molar-refractivity contribution < 1.29 is 0 Å². The van der Waals surface area contributed by atoms with E-state index < -0.39 is 0 Å². The van der Waals surface area contributed by atoms with E-state index in [0.29, 0.717) is 12.0 Å². The van der Waals surface area contributed by atoms with E-state index in [4.69, 9.17) is 17.3 Å². The average Bonchev–Trinajstić information content (AvgIpc) is 2.22. The standard InChI is InChI=1S/C11H18ClN5/c1-6-3-4-8(5-7(6)2)14-11-16-9(12)15-10(13)17-11/h6-8H,3-5H2,1-2H3,(H3,13,14,15,16,17). The van der Waals surface area contributed by atoms with Crippen LogP contribution in [0.3, 0.4) is 0 Å². The van der Waals surface area contributed by atoms with Gasteiger partial charge in [0.05, 0.1) is 0 Å². The van der Waals surface area contributed by atoms with Gasteiger partial charge in [-0.05, 0) is 42.7 Å². The van der Waals surface area contributed by atoms with Crippen LogP contribution in [0, 0.1) is 11.8 Å². The van der Waals surface area contributed by atoms with Crippen LogP contribution in [0.4, 0.5) is 11.9 Å². The van der Waals surface area contributed by atoms with Crippen LogP contribution >= 0.6 is 11.6 Å². The van der Waals surface area contributed by atoms with Crippen molar-refractivity contribution in [2.24, 2.45) is 11.8 Å². The van der Waals surface area contributed by atoms with Gasteiger partial charge in [0.1, 0.15) is 0 Å². The Bertz CT molecular complexity index is 377. The minimum Gasteiger partial charge on any atom is -0.368 e. The van der Waals surface area contributed by atoms with E-state index in [-0.39, 0.29) is 11.2 Å². The molecule has 1 aromatic heterocycles. The fourth-order valence-corrected chi connectivity index (χ4v) is 2.46. The van der Waals surface area contributed by atoms with Gasteiger partial charge in [0.2, 0.25) is 17.2 Å². The molecule has 17 heavy (non-hydrogen) atoms. The number of rotatable bonds is 2. The average molecular weight is 256 g/mol. The van der Waals surface area contributed by atoms with Crippen molar-refractivity contribution >= 4 is 23.5 Å². The first-order valence-corrected chi connectivity index (χ1v) is 6.36. The lowest BCUT2D eigenvalue weighted by Crippen LogP contribution is -2.31. The molecule has 6 heteroatoms. The van der Waals surface area contributed by atoms with Crippen LogP contribution in [0.25, 0.3) is 0 Å². The van der Waals surface area contributed by atoms with Crippen molar-refractivity contribution in [3.8, 4) is 0 Å². The zero-order valence-electron chi connectivity index (χ0n) is 10.2. The van der Waals surface area contributed by atoms with Crippen LogP contribution in [0.15, 0.2) is 0 Å². The summed E-state index contributed by atoms with van der Waals surface area (Å²) in [6.45, 7) is 4.59. The van der Waals surface area contributed by atoms with Crippen LogP contribution in [-0.4, -0.2) is 21.0 Å². The normalized spacial score (nSPS) is 29.0. The molecule has 94 valence electrons. The van der Waals surface area contributed by atoms with Crippen molar-refractivity contribution in [2.75, 3.05) is 11.1 Å². The van der Waals surface area contributed by atoms with Crippen LogP contribution in [0.5, 0.6) is 0 Å². The Morgan fingerprint density at radius 1 is 1.18 bits per heavy atom. The fourth-order valence-electron chi connectivity index (χ4n) is 2.29. The lowest BCUT2D eigenvalue weighted by atomic mass is 9.79. The maximum absolute atomic E-state index is 5.74. The predicted molar refractivity (Wildman–Crippen MR) is 68.8 cm³/mol. The molecule has 1 heterocycles. The third-order valence-electron chi connectivity index (χ3n) is 3.56. The van der Waals surface area contributed by atoms with Gasteiger partial charge in [-0.1, -0.05) is 13.8 Å². The maximum atomic E-state index is 5.74. The van der Waals surface area contributed by atoms with Gasteiger partial charge in [0.25, 0.3) is 0 Å². The summed E-state index contributed by atoms with van der Waals surface area (Å²) in [4.78, 5) is 11.8. The Labute approximate surface area is 106 Å². The zero-order chi connectivity index (χ0) is 12.4. The first-order valence-electron chi connectivity index (χ1n) is 5.98. The number of hydrogen-bond donors (Lipinski definition) is 2. The molecule has 1 fully saturated rings. The molecule has 0 saturated heterocycles. The van der Waals surface area contributed by atoms with E-state index in [1.165, 1.54) is 6.42 Å².